The molecule has 0 unspecified atom stereocenters. The van der Waals surface area contributed by atoms with Crippen LogP contribution in [0.2, 0.25) is 0 Å². The highest BCUT2D eigenvalue weighted by Gasteiger charge is 2.24. The van der Waals surface area contributed by atoms with E-state index in [1.165, 1.54) is 0 Å². The van der Waals surface area contributed by atoms with Crippen molar-refractivity contribution in [3.8, 4) is 51.0 Å². The van der Waals surface area contributed by atoms with Crippen LogP contribution in [0.3, 0.4) is 0 Å². The van der Waals surface area contributed by atoms with E-state index in [2.05, 4.69) is 108 Å². The molecule has 0 bridgehead atoms. The summed E-state index contributed by atoms with van der Waals surface area (Å²) in [6, 6.07) is 62.4. The lowest BCUT2D eigenvalue weighted by Crippen LogP contribution is -2.00. The molecule has 0 saturated carbocycles. The molecule has 57 heavy (non-hydrogen) atoms. The van der Waals surface area contributed by atoms with Gasteiger partial charge in [0.25, 0.3) is 0 Å². The first-order chi connectivity index (χ1) is 28.3. The lowest BCUT2D eigenvalue weighted by molar-refractivity contribution is 0.666. The zero-order valence-electron chi connectivity index (χ0n) is 30.4. The molecule has 4 heterocycles. The predicted molar refractivity (Wildman–Crippen MR) is 230 cm³/mol. The molecule has 0 atom stereocenters. The van der Waals surface area contributed by atoms with Gasteiger partial charge >= 0.3 is 0 Å². The van der Waals surface area contributed by atoms with E-state index in [9.17, 15) is 0 Å². The van der Waals surface area contributed by atoms with Crippen LogP contribution in [0.4, 0.5) is 0 Å². The third-order valence-electron chi connectivity index (χ3n) is 11.0. The van der Waals surface area contributed by atoms with Crippen LogP contribution >= 0.6 is 0 Å². The predicted octanol–water partition coefficient (Wildman–Crippen LogP) is 13.4. The number of rotatable bonds is 5. The average molecular weight is 731 g/mol. The van der Waals surface area contributed by atoms with Crippen LogP contribution in [0, 0.1) is 0 Å². The molecule has 0 fully saturated rings. The minimum Gasteiger partial charge on any atom is -0.455 e. The van der Waals surface area contributed by atoms with E-state index in [-0.39, 0.29) is 0 Å². The van der Waals surface area contributed by atoms with Crippen LogP contribution < -0.4 is 0 Å². The molecule has 0 radical (unpaired) electrons. The van der Waals surface area contributed by atoms with Gasteiger partial charge in [-0.1, -0.05) is 140 Å². The molecule has 0 N–H and O–H groups in total. The summed E-state index contributed by atoms with van der Waals surface area (Å²) in [6.07, 6.45) is 0. The van der Waals surface area contributed by atoms with Gasteiger partial charge in [0.1, 0.15) is 16.7 Å². The van der Waals surface area contributed by atoms with Crippen molar-refractivity contribution in [1.82, 2.24) is 19.5 Å². The first kappa shape index (κ1) is 31.5. The molecule has 0 amide bonds. The third-order valence-corrected chi connectivity index (χ3v) is 11.0. The average Bonchev–Trinajstić information content (AvgIpc) is 3.96. The molecule has 0 aliphatic heterocycles. The van der Waals surface area contributed by atoms with E-state index in [4.69, 9.17) is 23.8 Å². The van der Waals surface area contributed by atoms with E-state index in [1.54, 1.807) is 0 Å². The maximum Gasteiger partial charge on any atom is 0.164 e. The standard InChI is InChI=1S/C51H30N4O2/c1-4-15-31(16-5-1)34-29-39(51-53-49(32-17-6-2-7-18-32)52-50(54-51)33-19-8-3-9-20-33)45-38-23-14-25-42(47(38)57-44(45)30-34)55-40-24-12-10-22-37(40)46-41(55)28-27-36-35-21-11-13-26-43(35)56-48(36)46/h1-30H. The van der Waals surface area contributed by atoms with E-state index in [0.717, 1.165) is 99.2 Å². The van der Waals surface area contributed by atoms with Crippen LogP contribution in [0.5, 0.6) is 0 Å². The normalized spacial score (nSPS) is 11.9. The van der Waals surface area contributed by atoms with Gasteiger partial charge in [-0.25, -0.2) is 15.0 Å². The smallest absolute Gasteiger partial charge is 0.164 e. The number of nitrogens with zero attached hydrogens (tertiary/aromatic N) is 4. The summed E-state index contributed by atoms with van der Waals surface area (Å²) in [7, 11) is 0. The molecular formula is C51H30N4O2. The van der Waals surface area contributed by atoms with Crippen LogP contribution in [-0.2, 0) is 0 Å². The molecule has 266 valence electrons. The first-order valence-electron chi connectivity index (χ1n) is 19.0. The molecule has 6 nitrogen and oxygen atoms in total. The van der Waals surface area contributed by atoms with Gasteiger partial charge in [0.05, 0.1) is 22.1 Å². The lowest BCUT2D eigenvalue weighted by Gasteiger charge is -2.11. The summed E-state index contributed by atoms with van der Waals surface area (Å²) in [6.45, 7) is 0. The molecule has 0 aliphatic rings. The Labute approximate surface area is 325 Å². The summed E-state index contributed by atoms with van der Waals surface area (Å²) in [5.41, 5.74) is 11.1. The summed E-state index contributed by atoms with van der Waals surface area (Å²) in [5.74, 6) is 1.78. The van der Waals surface area contributed by atoms with Gasteiger partial charge in [0, 0.05) is 43.6 Å². The van der Waals surface area contributed by atoms with Crippen molar-refractivity contribution in [3.63, 3.8) is 0 Å². The fourth-order valence-corrected chi connectivity index (χ4v) is 8.49. The zero-order valence-corrected chi connectivity index (χ0v) is 30.4. The van der Waals surface area contributed by atoms with Crippen molar-refractivity contribution in [3.05, 3.63) is 182 Å². The Morgan fingerprint density at radius 3 is 1.68 bits per heavy atom. The van der Waals surface area contributed by atoms with E-state index >= 15 is 0 Å². The molecule has 0 aliphatic carbocycles. The molecule has 4 aromatic heterocycles. The molecule has 8 aromatic carbocycles. The largest absolute Gasteiger partial charge is 0.455 e. The van der Waals surface area contributed by atoms with Gasteiger partial charge in [0.2, 0.25) is 0 Å². The van der Waals surface area contributed by atoms with Gasteiger partial charge in [-0.2, -0.15) is 0 Å². The summed E-state index contributed by atoms with van der Waals surface area (Å²) in [4.78, 5) is 15.4. The van der Waals surface area contributed by atoms with E-state index in [0.29, 0.717) is 17.5 Å². The van der Waals surface area contributed by atoms with Crippen molar-refractivity contribution in [2.45, 2.75) is 0 Å². The Hall–Kier alpha value is -7.83. The number of aromatic nitrogens is 4. The molecule has 0 saturated heterocycles. The van der Waals surface area contributed by atoms with Gasteiger partial charge in [0.15, 0.2) is 23.1 Å². The Balaban J connectivity index is 1.17. The van der Waals surface area contributed by atoms with Crippen molar-refractivity contribution in [1.29, 1.82) is 0 Å². The minimum atomic E-state index is 0.572. The second kappa shape index (κ2) is 12.3. The highest BCUT2D eigenvalue weighted by molar-refractivity contribution is 6.24. The number of hydrogen-bond acceptors (Lipinski definition) is 5. The number of para-hydroxylation sites is 3. The number of hydrogen-bond donors (Lipinski definition) is 0. The summed E-state index contributed by atoms with van der Waals surface area (Å²) in [5, 5.41) is 6.31. The topological polar surface area (TPSA) is 69.9 Å². The van der Waals surface area contributed by atoms with Crippen molar-refractivity contribution >= 4 is 65.7 Å². The highest BCUT2D eigenvalue weighted by Crippen LogP contribution is 2.45. The monoisotopic (exact) mass is 730 g/mol. The van der Waals surface area contributed by atoms with Crippen LogP contribution in [0.15, 0.2) is 191 Å². The maximum absolute atomic E-state index is 7.08. The highest BCUT2D eigenvalue weighted by atomic mass is 16.3. The molecule has 12 rings (SSSR count). The van der Waals surface area contributed by atoms with Crippen LogP contribution in [-0.4, -0.2) is 19.5 Å². The second-order valence-electron chi connectivity index (χ2n) is 14.3. The Kier molecular flexibility index (Phi) is 6.83. The van der Waals surface area contributed by atoms with E-state index in [1.807, 2.05) is 78.9 Å². The molecular weight excluding hydrogens is 701 g/mol. The SMILES string of the molecule is c1ccc(-c2cc(-c3nc(-c4ccccc4)nc(-c4ccccc4)n3)c3c(c2)oc2c(-n4c5ccccc5c5c6oc7ccccc7c6ccc54)cccc23)cc1. The van der Waals surface area contributed by atoms with Gasteiger partial charge < -0.3 is 13.4 Å². The van der Waals surface area contributed by atoms with Gasteiger partial charge in [-0.05, 0) is 53.6 Å². The third kappa shape index (κ3) is 4.87. The second-order valence-corrected chi connectivity index (χ2v) is 14.3. The number of benzene rings is 8. The minimum absolute atomic E-state index is 0.572. The Morgan fingerprint density at radius 1 is 0.351 bits per heavy atom. The summed E-state index contributed by atoms with van der Waals surface area (Å²) < 4.78 is 16.0. The Morgan fingerprint density at radius 2 is 0.947 bits per heavy atom. The first-order valence-corrected chi connectivity index (χ1v) is 19.0. The van der Waals surface area contributed by atoms with Crippen LogP contribution in [0.25, 0.3) is 117 Å². The zero-order chi connectivity index (χ0) is 37.5. The van der Waals surface area contributed by atoms with Gasteiger partial charge in [-0.3, -0.25) is 0 Å². The number of furan rings is 2. The quantitative estimate of drug-likeness (QED) is 0.176. The van der Waals surface area contributed by atoms with Crippen LogP contribution in [0.1, 0.15) is 0 Å². The maximum atomic E-state index is 7.08. The molecule has 6 heteroatoms. The molecule has 0 spiro atoms. The fraction of sp³-hybridized carbons (Fsp3) is 0. The van der Waals surface area contributed by atoms with Crippen molar-refractivity contribution < 1.29 is 8.83 Å². The lowest BCUT2D eigenvalue weighted by atomic mass is 9.98. The van der Waals surface area contributed by atoms with E-state index < -0.39 is 0 Å². The number of fused-ring (bicyclic) bond motifs is 10. The Bertz CT molecular complexity index is 3450. The molecule has 12 aromatic rings. The van der Waals surface area contributed by atoms with Gasteiger partial charge in [-0.15, -0.1) is 0 Å². The fourth-order valence-electron chi connectivity index (χ4n) is 8.49. The summed E-state index contributed by atoms with van der Waals surface area (Å²) >= 11 is 0. The van der Waals surface area contributed by atoms with Crippen molar-refractivity contribution in [2.75, 3.05) is 0 Å². The van der Waals surface area contributed by atoms with Crippen molar-refractivity contribution in [2.24, 2.45) is 0 Å².